The van der Waals surface area contributed by atoms with E-state index in [-0.39, 0.29) is 6.04 Å². The fourth-order valence-electron chi connectivity index (χ4n) is 2.68. The summed E-state index contributed by atoms with van der Waals surface area (Å²) in [5.41, 5.74) is 1.64. The second-order valence-electron chi connectivity index (χ2n) is 4.06. The average Bonchev–Trinajstić information content (AvgIpc) is 2.60. The molecule has 0 saturated heterocycles. The number of anilines is 1. The van der Waals surface area contributed by atoms with Crippen molar-refractivity contribution in [2.45, 2.75) is 30.9 Å². The summed E-state index contributed by atoms with van der Waals surface area (Å²) in [6.07, 6.45) is 3.12. The van der Waals surface area contributed by atoms with Crippen LogP contribution in [0.4, 0.5) is 5.69 Å². The van der Waals surface area contributed by atoms with Gasteiger partial charge < -0.3 is 10.4 Å². The van der Waals surface area contributed by atoms with Crippen molar-refractivity contribution in [1.29, 1.82) is 0 Å². The average molecular weight is 175 g/mol. The van der Waals surface area contributed by atoms with Gasteiger partial charge in [-0.2, -0.15) is 0 Å². The van der Waals surface area contributed by atoms with Crippen LogP contribution in [-0.2, 0) is 5.60 Å². The lowest BCUT2D eigenvalue weighted by molar-refractivity contribution is 0.0428. The SMILES string of the molecule is O[C@@]12CCC[C@@H]1Nc1ccccc12. The maximum atomic E-state index is 10.4. The Kier molecular flexibility index (Phi) is 1.29. The van der Waals surface area contributed by atoms with Crippen molar-refractivity contribution in [3.05, 3.63) is 29.8 Å². The number of hydrogen-bond acceptors (Lipinski definition) is 2. The van der Waals surface area contributed by atoms with E-state index in [9.17, 15) is 5.11 Å². The van der Waals surface area contributed by atoms with Gasteiger partial charge in [-0.3, -0.25) is 0 Å². The topological polar surface area (TPSA) is 32.3 Å². The van der Waals surface area contributed by atoms with Crippen LogP contribution in [0.1, 0.15) is 24.8 Å². The van der Waals surface area contributed by atoms with Gasteiger partial charge in [0.15, 0.2) is 0 Å². The molecule has 0 radical (unpaired) electrons. The van der Waals surface area contributed by atoms with Gasteiger partial charge in [0.25, 0.3) is 0 Å². The maximum absolute atomic E-state index is 10.4. The lowest BCUT2D eigenvalue weighted by atomic mass is 9.92. The van der Waals surface area contributed by atoms with E-state index < -0.39 is 5.60 Å². The van der Waals surface area contributed by atoms with E-state index in [0.29, 0.717) is 0 Å². The zero-order valence-corrected chi connectivity index (χ0v) is 7.46. The molecule has 2 N–H and O–H groups in total. The van der Waals surface area contributed by atoms with E-state index in [2.05, 4.69) is 5.32 Å². The Bertz CT molecular complexity index is 350. The zero-order chi connectivity index (χ0) is 8.89. The molecule has 2 aliphatic rings. The van der Waals surface area contributed by atoms with Crippen molar-refractivity contribution in [1.82, 2.24) is 0 Å². The van der Waals surface area contributed by atoms with Crippen molar-refractivity contribution < 1.29 is 5.11 Å². The molecule has 2 heteroatoms. The molecule has 1 aromatic rings. The summed E-state index contributed by atoms with van der Waals surface area (Å²) < 4.78 is 0. The van der Waals surface area contributed by atoms with Crippen molar-refractivity contribution in [3.8, 4) is 0 Å². The number of benzene rings is 1. The summed E-state index contributed by atoms with van der Waals surface area (Å²) in [7, 11) is 0. The highest BCUT2D eigenvalue weighted by atomic mass is 16.3. The Morgan fingerprint density at radius 3 is 3.15 bits per heavy atom. The first-order valence-corrected chi connectivity index (χ1v) is 4.89. The molecule has 0 amide bonds. The molecule has 13 heavy (non-hydrogen) atoms. The minimum Gasteiger partial charge on any atom is -0.383 e. The van der Waals surface area contributed by atoms with Gasteiger partial charge in [-0.1, -0.05) is 18.2 Å². The molecule has 3 rings (SSSR count). The van der Waals surface area contributed by atoms with E-state index in [1.165, 1.54) is 0 Å². The van der Waals surface area contributed by atoms with Crippen molar-refractivity contribution >= 4 is 5.69 Å². The lowest BCUT2D eigenvalue weighted by Crippen LogP contribution is -2.32. The van der Waals surface area contributed by atoms with Crippen LogP contribution in [0.25, 0.3) is 0 Å². The van der Waals surface area contributed by atoms with E-state index in [4.69, 9.17) is 0 Å². The summed E-state index contributed by atoms with van der Waals surface area (Å²) in [6.45, 7) is 0. The Morgan fingerprint density at radius 1 is 1.38 bits per heavy atom. The third-order valence-electron chi connectivity index (χ3n) is 3.35. The van der Waals surface area contributed by atoms with Gasteiger partial charge in [-0.25, -0.2) is 0 Å². The van der Waals surface area contributed by atoms with Crippen LogP contribution in [0.15, 0.2) is 24.3 Å². The number of para-hydroxylation sites is 1. The van der Waals surface area contributed by atoms with Gasteiger partial charge >= 0.3 is 0 Å². The number of hydrogen-bond donors (Lipinski definition) is 2. The molecule has 1 saturated carbocycles. The van der Waals surface area contributed by atoms with Crippen LogP contribution in [0.3, 0.4) is 0 Å². The number of fused-ring (bicyclic) bond motifs is 3. The Hall–Kier alpha value is -1.02. The van der Waals surface area contributed by atoms with Gasteiger partial charge in [0, 0.05) is 11.3 Å². The van der Waals surface area contributed by atoms with E-state index in [0.717, 1.165) is 30.5 Å². The molecule has 1 aliphatic carbocycles. The molecule has 0 aromatic heterocycles. The summed E-state index contributed by atoms with van der Waals surface area (Å²) in [4.78, 5) is 0. The Balaban J connectivity index is 2.17. The predicted octanol–water partition coefficient (Wildman–Crippen LogP) is 1.85. The standard InChI is InChI=1S/C11H13NO/c13-11-7-3-6-10(11)12-9-5-2-1-4-8(9)11/h1-2,4-5,10,12-13H,3,6-7H2/t10-,11+/m0/s1. The first-order valence-electron chi connectivity index (χ1n) is 4.89. The number of aliphatic hydroxyl groups is 1. The molecule has 2 nitrogen and oxygen atoms in total. The highest BCUT2D eigenvalue weighted by molar-refractivity contribution is 5.61. The van der Waals surface area contributed by atoms with Gasteiger partial charge in [0.1, 0.15) is 5.60 Å². The largest absolute Gasteiger partial charge is 0.383 e. The summed E-state index contributed by atoms with van der Waals surface area (Å²) >= 11 is 0. The van der Waals surface area contributed by atoms with Crippen LogP contribution in [0.2, 0.25) is 0 Å². The fourth-order valence-corrected chi connectivity index (χ4v) is 2.68. The van der Waals surface area contributed by atoms with Crippen molar-refractivity contribution in [2.24, 2.45) is 0 Å². The molecule has 68 valence electrons. The zero-order valence-electron chi connectivity index (χ0n) is 7.46. The first kappa shape index (κ1) is 7.39. The third kappa shape index (κ3) is 0.814. The molecule has 2 atom stereocenters. The minimum atomic E-state index is -0.573. The van der Waals surface area contributed by atoms with E-state index in [1.807, 2.05) is 24.3 Å². The minimum absolute atomic E-state index is 0.255. The Labute approximate surface area is 77.6 Å². The maximum Gasteiger partial charge on any atom is 0.112 e. The second kappa shape index (κ2) is 2.26. The van der Waals surface area contributed by atoms with Gasteiger partial charge in [0.05, 0.1) is 6.04 Å². The van der Waals surface area contributed by atoms with Crippen LogP contribution < -0.4 is 5.32 Å². The van der Waals surface area contributed by atoms with Gasteiger partial charge in [0.2, 0.25) is 0 Å². The van der Waals surface area contributed by atoms with Crippen LogP contribution >= 0.6 is 0 Å². The monoisotopic (exact) mass is 175 g/mol. The van der Waals surface area contributed by atoms with E-state index >= 15 is 0 Å². The van der Waals surface area contributed by atoms with Crippen molar-refractivity contribution in [3.63, 3.8) is 0 Å². The molecule has 1 heterocycles. The first-order chi connectivity index (χ1) is 6.31. The normalized spacial score (nSPS) is 35.3. The van der Waals surface area contributed by atoms with Gasteiger partial charge in [-0.15, -0.1) is 0 Å². The summed E-state index contributed by atoms with van der Waals surface area (Å²) in [6, 6.07) is 8.35. The third-order valence-corrected chi connectivity index (χ3v) is 3.35. The fraction of sp³-hybridized carbons (Fsp3) is 0.455. The molecule has 0 bridgehead atoms. The number of rotatable bonds is 0. The van der Waals surface area contributed by atoms with Crippen molar-refractivity contribution in [2.75, 3.05) is 5.32 Å². The molecule has 0 unspecified atom stereocenters. The smallest absolute Gasteiger partial charge is 0.112 e. The van der Waals surface area contributed by atoms with Gasteiger partial charge in [-0.05, 0) is 25.3 Å². The summed E-state index contributed by atoms with van der Waals surface area (Å²) in [5, 5.41) is 13.8. The predicted molar refractivity (Wildman–Crippen MR) is 51.6 cm³/mol. The molecule has 1 aromatic carbocycles. The Morgan fingerprint density at radius 2 is 2.23 bits per heavy atom. The van der Waals surface area contributed by atoms with E-state index in [1.54, 1.807) is 0 Å². The molecular formula is C11H13NO. The molecular weight excluding hydrogens is 162 g/mol. The number of nitrogens with one attached hydrogen (secondary N) is 1. The summed E-state index contributed by atoms with van der Waals surface area (Å²) in [5.74, 6) is 0. The highest BCUT2D eigenvalue weighted by Gasteiger charge is 2.48. The van der Waals surface area contributed by atoms with Crippen LogP contribution in [0, 0.1) is 0 Å². The highest BCUT2D eigenvalue weighted by Crippen LogP contribution is 2.48. The second-order valence-corrected chi connectivity index (χ2v) is 4.06. The van der Waals surface area contributed by atoms with Crippen LogP contribution in [0.5, 0.6) is 0 Å². The molecule has 1 aliphatic heterocycles. The quantitative estimate of drug-likeness (QED) is 0.630. The molecule has 0 spiro atoms. The van der Waals surface area contributed by atoms with Crippen LogP contribution in [-0.4, -0.2) is 11.1 Å². The molecule has 1 fully saturated rings. The lowest BCUT2D eigenvalue weighted by Gasteiger charge is -2.22.